The van der Waals surface area contributed by atoms with Crippen LogP contribution in [0.4, 0.5) is 10.1 Å². The number of hydrogen-bond acceptors (Lipinski definition) is 2. The molecule has 2 nitrogen and oxygen atoms in total. The van der Waals surface area contributed by atoms with Crippen LogP contribution in [0.25, 0.3) is 11.1 Å². The van der Waals surface area contributed by atoms with Crippen molar-refractivity contribution in [3.05, 3.63) is 89.7 Å². The summed E-state index contributed by atoms with van der Waals surface area (Å²) in [5.41, 5.74) is 7.34. The van der Waals surface area contributed by atoms with Crippen molar-refractivity contribution in [2.24, 2.45) is 5.10 Å². The summed E-state index contributed by atoms with van der Waals surface area (Å²) in [5.74, 6) is -0.188. The van der Waals surface area contributed by atoms with E-state index in [1.807, 2.05) is 60.7 Å². The fraction of sp³-hybridized carbons (Fsp3) is 0.0500. The van der Waals surface area contributed by atoms with Gasteiger partial charge in [0.2, 0.25) is 0 Å². The van der Waals surface area contributed by atoms with E-state index < -0.39 is 0 Å². The molecule has 3 aromatic rings. The minimum Gasteiger partial charge on any atom is -0.279 e. The lowest BCUT2D eigenvalue weighted by atomic mass is 10.0. The first-order valence-corrected chi connectivity index (χ1v) is 7.43. The number of halogens is 1. The van der Waals surface area contributed by atoms with Crippen LogP contribution in [-0.2, 0) is 0 Å². The van der Waals surface area contributed by atoms with Crippen LogP contribution in [0.2, 0.25) is 0 Å². The van der Waals surface area contributed by atoms with Gasteiger partial charge in [-0.3, -0.25) is 5.43 Å². The topological polar surface area (TPSA) is 24.4 Å². The molecule has 0 unspecified atom stereocenters. The molecule has 0 aliphatic heterocycles. The van der Waals surface area contributed by atoms with E-state index in [9.17, 15) is 4.39 Å². The van der Waals surface area contributed by atoms with E-state index in [0.717, 1.165) is 22.4 Å². The highest BCUT2D eigenvalue weighted by Gasteiger charge is 2.02. The Morgan fingerprint density at radius 3 is 2.43 bits per heavy atom. The number of rotatable bonds is 4. The second-order valence-electron chi connectivity index (χ2n) is 5.33. The van der Waals surface area contributed by atoms with Gasteiger partial charge in [-0.05, 0) is 53.4 Å². The third-order valence-corrected chi connectivity index (χ3v) is 3.57. The summed E-state index contributed by atoms with van der Waals surface area (Å²) in [6, 6.07) is 22.9. The highest BCUT2D eigenvalue weighted by molar-refractivity contribution is 5.83. The number of benzene rings is 3. The zero-order valence-corrected chi connectivity index (χ0v) is 12.8. The van der Waals surface area contributed by atoms with Crippen LogP contribution in [0.1, 0.15) is 11.1 Å². The van der Waals surface area contributed by atoms with Crippen molar-refractivity contribution < 1.29 is 4.39 Å². The van der Waals surface area contributed by atoms with Gasteiger partial charge in [-0.15, -0.1) is 0 Å². The smallest absolute Gasteiger partial charge is 0.126 e. The van der Waals surface area contributed by atoms with Gasteiger partial charge in [0, 0.05) is 0 Å². The van der Waals surface area contributed by atoms with Crippen molar-refractivity contribution >= 4 is 11.9 Å². The first-order chi connectivity index (χ1) is 11.2. The van der Waals surface area contributed by atoms with E-state index in [2.05, 4.69) is 10.5 Å². The lowest BCUT2D eigenvalue weighted by Crippen LogP contribution is -1.91. The first-order valence-electron chi connectivity index (χ1n) is 7.43. The first kappa shape index (κ1) is 15.0. The van der Waals surface area contributed by atoms with Crippen molar-refractivity contribution in [1.82, 2.24) is 0 Å². The fourth-order valence-electron chi connectivity index (χ4n) is 2.26. The Hall–Kier alpha value is -2.94. The molecule has 0 atom stereocenters. The van der Waals surface area contributed by atoms with Gasteiger partial charge in [0.15, 0.2) is 0 Å². The van der Waals surface area contributed by atoms with Crippen molar-refractivity contribution in [3.8, 4) is 11.1 Å². The van der Waals surface area contributed by atoms with Gasteiger partial charge in [0.1, 0.15) is 5.82 Å². The Kier molecular flexibility index (Phi) is 4.48. The summed E-state index contributed by atoms with van der Waals surface area (Å²) in [6.07, 6.45) is 1.75. The molecule has 3 aromatic carbocycles. The Labute approximate surface area is 135 Å². The fourth-order valence-corrected chi connectivity index (χ4v) is 2.26. The molecule has 0 bridgehead atoms. The maximum absolute atomic E-state index is 13.7. The van der Waals surface area contributed by atoms with Crippen LogP contribution < -0.4 is 5.43 Å². The zero-order valence-electron chi connectivity index (χ0n) is 12.8. The maximum Gasteiger partial charge on any atom is 0.126 e. The van der Waals surface area contributed by atoms with Crippen LogP contribution in [0.15, 0.2) is 77.9 Å². The predicted molar refractivity (Wildman–Crippen MR) is 94.2 cm³/mol. The largest absolute Gasteiger partial charge is 0.279 e. The number of nitrogens with one attached hydrogen (secondary N) is 1. The molecule has 0 spiro atoms. The van der Waals surface area contributed by atoms with Gasteiger partial charge in [0.25, 0.3) is 0 Å². The molecule has 0 aliphatic carbocycles. The quantitative estimate of drug-likeness (QED) is 0.517. The number of aryl methyl sites for hydroxylation is 1. The summed E-state index contributed by atoms with van der Waals surface area (Å²) in [5, 5.41) is 4.23. The Balaban J connectivity index is 1.78. The number of nitrogens with zero attached hydrogens (tertiary/aromatic N) is 1. The van der Waals surface area contributed by atoms with Crippen molar-refractivity contribution in [2.45, 2.75) is 6.92 Å². The van der Waals surface area contributed by atoms with Gasteiger partial charge in [-0.1, -0.05) is 48.5 Å². The standard InChI is InChI=1S/C20H17FN2/c1-15-10-11-18(13-20(15)21)17-7-5-6-16(12-17)14-22-23-19-8-3-2-4-9-19/h2-14,23H,1H3. The van der Waals surface area contributed by atoms with Crippen molar-refractivity contribution in [2.75, 3.05) is 5.43 Å². The van der Waals surface area contributed by atoms with Gasteiger partial charge >= 0.3 is 0 Å². The van der Waals surface area contributed by atoms with Crippen LogP contribution in [0, 0.1) is 12.7 Å². The molecule has 0 aliphatic rings. The van der Waals surface area contributed by atoms with Crippen LogP contribution in [0.3, 0.4) is 0 Å². The van der Waals surface area contributed by atoms with Crippen molar-refractivity contribution in [3.63, 3.8) is 0 Å². The summed E-state index contributed by atoms with van der Waals surface area (Å²) in [7, 11) is 0. The molecule has 3 heteroatoms. The maximum atomic E-state index is 13.7. The van der Waals surface area contributed by atoms with Crippen molar-refractivity contribution in [1.29, 1.82) is 0 Å². The van der Waals surface area contributed by atoms with Gasteiger partial charge in [-0.2, -0.15) is 5.10 Å². The molecule has 0 radical (unpaired) electrons. The predicted octanol–water partition coefficient (Wildman–Crippen LogP) is 5.25. The van der Waals surface area contributed by atoms with E-state index >= 15 is 0 Å². The molecule has 23 heavy (non-hydrogen) atoms. The lowest BCUT2D eigenvalue weighted by molar-refractivity contribution is 0.619. The van der Waals surface area contributed by atoms with Gasteiger partial charge in [-0.25, -0.2) is 4.39 Å². The van der Waals surface area contributed by atoms with E-state index in [0.29, 0.717) is 5.56 Å². The minimum absolute atomic E-state index is 0.188. The van der Waals surface area contributed by atoms with E-state index in [4.69, 9.17) is 0 Å². The van der Waals surface area contributed by atoms with E-state index in [-0.39, 0.29) is 5.82 Å². The van der Waals surface area contributed by atoms with Crippen LogP contribution in [0.5, 0.6) is 0 Å². The molecular formula is C20H17FN2. The number of para-hydroxylation sites is 1. The highest BCUT2D eigenvalue weighted by atomic mass is 19.1. The molecule has 0 saturated carbocycles. The normalized spacial score (nSPS) is 10.9. The third kappa shape index (κ3) is 3.83. The summed E-state index contributed by atoms with van der Waals surface area (Å²) < 4.78 is 13.7. The Bertz CT molecular complexity index is 826. The third-order valence-electron chi connectivity index (χ3n) is 3.57. The summed E-state index contributed by atoms with van der Waals surface area (Å²) >= 11 is 0. The van der Waals surface area contributed by atoms with Gasteiger partial charge in [0.05, 0.1) is 11.9 Å². The van der Waals surface area contributed by atoms with Crippen LogP contribution >= 0.6 is 0 Å². The number of hydrazone groups is 1. The molecule has 0 aromatic heterocycles. The Morgan fingerprint density at radius 2 is 1.65 bits per heavy atom. The van der Waals surface area contributed by atoms with Gasteiger partial charge < -0.3 is 0 Å². The highest BCUT2D eigenvalue weighted by Crippen LogP contribution is 2.22. The number of hydrogen-bond donors (Lipinski definition) is 1. The Morgan fingerprint density at radius 1 is 0.870 bits per heavy atom. The molecule has 3 rings (SSSR count). The average molecular weight is 304 g/mol. The molecule has 1 N–H and O–H groups in total. The molecular weight excluding hydrogens is 287 g/mol. The molecule has 114 valence electrons. The van der Waals surface area contributed by atoms with E-state index in [1.54, 1.807) is 25.3 Å². The van der Waals surface area contributed by atoms with Crippen LogP contribution in [-0.4, -0.2) is 6.21 Å². The second kappa shape index (κ2) is 6.88. The molecule has 0 saturated heterocycles. The number of anilines is 1. The summed E-state index contributed by atoms with van der Waals surface area (Å²) in [4.78, 5) is 0. The lowest BCUT2D eigenvalue weighted by Gasteiger charge is -2.05. The molecule has 0 amide bonds. The average Bonchev–Trinajstić information content (AvgIpc) is 2.59. The molecule has 0 heterocycles. The van der Waals surface area contributed by atoms with E-state index in [1.165, 1.54) is 0 Å². The second-order valence-corrected chi connectivity index (χ2v) is 5.33. The summed E-state index contributed by atoms with van der Waals surface area (Å²) in [6.45, 7) is 1.76. The molecule has 0 fully saturated rings. The monoisotopic (exact) mass is 304 g/mol. The SMILES string of the molecule is Cc1ccc(-c2cccc(C=NNc3ccccc3)c2)cc1F. The zero-order chi connectivity index (χ0) is 16.1. The minimum atomic E-state index is -0.188.